The first-order valence-corrected chi connectivity index (χ1v) is 8.61. The van der Waals surface area contributed by atoms with Crippen LogP contribution < -0.4 is 10.6 Å². The molecule has 0 saturated carbocycles. The molecule has 0 fully saturated rings. The van der Waals surface area contributed by atoms with Gasteiger partial charge in [0.15, 0.2) is 0 Å². The molecule has 3 rings (SSSR count). The lowest BCUT2D eigenvalue weighted by Gasteiger charge is -2.13. The van der Waals surface area contributed by atoms with Crippen LogP contribution in [-0.4, -0.2) is 14.9 Å². The highest BCUT2D eigenvalue weighted by Crippen LogP contribution is 2.35. The van der Waals surface area contributed by atoms with E-state index < -0.39 is 4.92 Å². The van der Waals surface area contributed by atoms with Crippen molar-refractivity contribution in [2.75, 3.05) is 10.6 Å². The number of anilines is 4. The van der Waals surface area contributed by atoms with Crippen molar-refractivity contribution in [1.82, 2.24) is 9.97 Å². The lowest BCUT2D eigenvalue weighted by molar-refractivity contribution is -0.383. The number of hydrogen-bond donors (Lipinski definition) is 2. The van der Waals surface area contributed by atoms with E-state index in [0.29, 0.717) is 5.69 Å². The number of rotatable bonds is 5. The topological polar surface area (TPSA) is 93.0 Å². The second-order valence-corrected chi connectivity index (χ2v) is 6.51. The van der Waals surface area contributed by atoms with Crippen LogP contribution in [0.15, 0.2) is 53.3 Å². The number of nitrogens with one attached hydrogen (secondary N) is 2. The predicted molar refractivity (Wildman–Crippen MR) is 105 cm³/mol. The smallest absolute Gasteiger partial charge is 0.334 e. The van der Waals surface area contributed by atoms with Gasteiger partial charge in [-0.2, -0.15) is 0 Å². The van der Waals surface area contributed by atoms with E-state index in [1.807, 2.05) is 50.2 Å². The number of aryl methyl sites for hydroxylation is 1. The summed E-state index contributed by atoms with van der Waals surface area (Å²) in [4.78, 5) is 19.3. The van der Waals surface area contributed by atoms with Gasteiger partial charge in [-0.1, -0.05) is 24.3 Å². The quantitative estimate of drug-likeness (QED) is 0.438. The summed E-state index contributed by atoms with van der Waals surface area (Å²) in [6.07, 6.45) is 1.29. The van der Waals surface area contributed by atoms with Crippen molar-refractivity contribution >= 4 is 44.6 Å². The third-order valence-corrected chi connectivity index (χ3v) is 4.68. The van der Waals surface area contributed by atoms with Gasteiger partial charge in [-0.25, -0.2) is 9.97 Å². The highest BCUT2D eigenvalue weighted by atomic mass is 79.9. The van der Waals surface area contributed by atoms with E-state index in [1.165, 1.54) is 6.33 Å². The Kier molecular flexibility index (Phi) is 5.13. The monoisotopic (exact) mass is 413 g/mol. The standard InChI is InChI=1S/C18H16BrN5O2/c1-11-6-5-9-14(12(11)2)22-17-16(24(25)26)18(21-10-20-17)23-15-8-4-3-7-13(15)19/h3-10H,1-2H3,(H2,20,21,22,23). The molecule has 3 aromatic rings. The van der Waals surface area contributed by atoms with Crippen LogP contribution in [0.4, 0.5) is 28.7 Å². The number of hydrogen-bond acceptors (Lipinski definition) is 6. The molecule has 1 heterocycles. The molecular weight excluding hydrogens is 398 g/mol. The minimum absolute atomic E-state index is 0.115. The molecule has 0 aliphatic rings. The van der Waals surface area contributed by atoms with Crippen LogP contribution in [0.3, 0.4) is 0 Å². The molecule has 8 heteroatoms. The summed E-state index contributed by atoms with van der Waals surface area (Å²) in [5.41, 5.74) is 3.30. The number of para-hydroxylation sites is 1. The molecule has 26 heavy (non-hydrogen) atoms. The van der Waals surface area contributed by atoms with Gasteiger partial charge < -0.3 is 10.6 Å². The third kappa shape index (κ3) is 3.65. The van der Waals surface area contributed by atoms with Crippen molar-refractivity contribution in [3.05, 3.63) is 74.5 Å². The molecule has 0 spiro atoms. The molecule has 0 atom stereocenters. The Morgan fingerprint density at radius 3 is 2.23 bits per heavy atom. The lowest BCUT2D eigenvalue weighted by Crippen LogP contribution is -2.06. The zero-order valence-electron chi connectivity index (χ0n) is 14.2. The van der Waals surface area contributed by atoms with E-state index in [2.05, 4.69) is 36.5 Å². The van der Waals surface area contributed by atoms with Crippen molar-refractivity contribution in [2.24, 2.45) is 0 Å². The molecule has 7 nitrogen and oxygen atoms in total. The summed E-state index contributed by atoms with van der Waals surface area (Å²) in [6, 6.07) is 13.0. The Morgan fingerprint density at radius 1 is 0.962 bits per heavy atom. The van der Waals surface area contributed by atoms with Crippen LogP contribution >= 0.6 is 15.9 Å². The number of nitrogens with zero attached hydrogens (tertiary/aromatic N) is 3. The molecule has 0 aliphatic heterocycles. The predicted octanol–water partition coefficient (Wildman–Crippen LogP) is 5.25. The van der Waals surface area contributed by atoms with Gasteiger partial charge in [0.05, 0.1) is 10.6 Å². The van der Waals surface area contributed by atoms with E-state index in [1.54, 1.807) is 6.07 Å². The van der Waals surface area contributed by atoms with E-state index in [4.69, 9.17) is 0 Å². The Hall–Kier alpha value is -3.00. The fourth-order valence-corrected chi connectivity index (χ4v) is 2.82. The van der Waals surface area contributed by atoms with Crippen molar-refractivity contribution in [2.45, 2.75) is 13.8 Å². The molecule has 0 amide bonds. The summed E-state index contributed by atoms with van der Waals surface area (Å²) < 4.78 is 0.775. The van der Waals surface area contributed by atoms with Gasteiger partial charge in [0.2, 0.25) is 11.6 Å². The van der Waals surface area contributed by atoms with E-state index >= 15 is 0 Å². The van der Waals surface area contributed by atoms with Gasteiger partial charge in [0, 0.05) is 10.2 Å². The van der Waals surface area contributed by atoms with Gasteiger partial charge in [0.1, 0.15) is 6.33 Å². The van der Waals surface area contributed by atoms with Crippen molar-refractivity contribution in [3.8, 4) is 0 Å². The SMILES string of the molecule is Cc1cccc(Nc2ncnc(Nc3ccccc3Br)c2[N+](=O)[O-])c1C. The highest BCUT2D eigenvalue weighted by molar-refractivity contribution is 9.10. The first-order chi connectivity index (χ1) is 12.5. The number of aromatic nitrogens is 2. The minimum atomic E-state index is -0.493. The Bertz CT molecular complexity index is 978. The summed E-state index contributed by atoms with van der Waals surface area (Å²) in [7, 11) is 0. The summed E-state index contributed by atoms with van der Waals surface area (Å²) in [6.45, 7) is 3.93. The zero-order valence-corrected chi connectivity index (χ0v) is 15.7. The average molecular weight is 414 g/mol. The summed E-state index contributed by atoms with van der Waals surface area (Å²) in [5.74, 6) is 0.248. The zero-order chi connectivity index (χ0) is 18.7. The molecule has 2 N–H and O–H groups in total. The van der Waals surface area contributed by atoms with Crippen molar-refractivity contribution in [1.29, 1.82) is 0 Å². The number of halogens is 1. The second kappa shape index (κ2) is 7.49. The van der Waals surface area contributed by atoms with Crippen LogP contribution in [0, 0.1) is 24.0 Å². The van der Waals surface area contributed by atoms with Crippen LogP contribution in [0.1, 0.15) is 11.1 Å². The van der Waals surface area contributed by atoms with Gasteiger partial charge in [-0.05, 0) is 59.1 Å². The Labute approximate surface area is 158 Å². The third-order valence-electron chi connectivity index (χ3n) is 3.99. The highest BCUT2D eigenvalue weighted by Gasteiger charge is 2.24. The first kappa shape index (κ1) is 17.8. The van der Waals surface area contributed by atoms with Gasteiger partial charge in [-0.15, -0.1) is 0 Å². The Balaban J connectivity index is 2.03. The summed E-state index contributed by atoms with van der Waals surface area (Å²) >= 11 is 3.41. The van der Waals surface area contributed by atoms with Gasteiger partial charge in [0.25, 0.3) is 0 Å². The van der Waals surface area contributed by atoms with Crippen LogP contribution in [-0.2, 0) is 0 Å². The second-order valence-electron chi connectivity index (χ2n) is 5.65. The fraction of sp³-hybridized carbons (Fsp3) is 0.111. The molecule has 0 bridgehead atoms. The van der Waals surface area contributed by atoms with Crippen LogP contribution in [0.25, 0.3) is 0 Å². The fourth-order valence-electron chi connectivity index (χ4n) is 2.44. The molecule has 2 aromatic carbocycles. The Morgan fingerprint density at radius 2 is 1.58 bits per heavy atom. The molecule has 0 radical (unpaired) electrons. The van der Waals surface area contributed by atoms with E-state index in [-0.39, 0.29) is 17.3 Å². The molecular formula is C18H16BrN5O2. The minimum Gasteiger partial charge on any atom is -0.334 e. The maximum Gasteiger partial charge on any atom is 0.353 e. The molecule has 0 aliphatic carbocycles. The number of nitro groups is 1. The van der Waals surface area contributed by atoms with Gasteiger partial charge >= 0.3 is 5.69 Å². The van der Waals surface area contributed by atoms with Crippen molar-refractivity contribution in [3.63, 3.8) is 0 Å². The first-order valence-electron chi connectivity index (χ1n) is 7.81. The maximum absolute atomic E-state index is 11.7. The van der Waals surface area contributed by atoms with Crippen LogP contribution in [0.2, 0.25) is 0 Å². The van der Waals surface area contributed by atoms with Gasteiger partial charge in [-0.3, -0.25) is 10.1 Å². The van der Waals surface area contributed by atoms with Crippen molar-refractivity contribution < 1.29 is 4.92 Å². The summed E-state index contributed by atoms with van der Waals surface area (Å²) in [5, 5.41) is 17.7. The molecule has 0 saturated heterocycles. The lowest BCUT2D eigenvalue weighted by atomic mass is 10.1. The molecule has 0 unspecified atom stereocenters. The maximum atomic E-state index is 11.7. The largest absolute Gasteiger partial charge is 0.353 e. The van der Waals surface area contributed by atoms with E-state index in [9.17, 15) is 10.1 Å². The normalized spacial score (nSPS) is 10.4. The van der Waals surface area contributed by atoms with E-state index in [0.717, 1.165) is 21.3 Å². The number of benzene rings is 2. The van der Waals surface area contributed by atoms with Crippen LogP contribution in [0.5, 0.6) is 0 Å². The molecule has 1 aromatic heterocycles. The average Bonchev–Trinajstić information content (AvgIpc) is 2.61. The molecule has 132 valence electrons.